The van der Waals surface area contributed by atoms with Gasteiger partial charge in [0.25, 0.3) is 0 Å². The number of rotatable bonds is 7. The van der Waals surface area contributed by atoms with Crippen molar-refractivity contribution < 1.29 is 4.79 Å². The first-order valence-corrected chi connectivity index (χ1v) is 6.10. The summed E-state index contributed by atoms with van der Waals surface area (Å²) in [7, 11) is 1.89. The van der Waals surface area contributed by atoms with Crippen molar-refractivity contribution in [1.29, 1.82) is 0 Å². The Bertz CT molecular complexity index is 348. The highest BCUT2D eigenvalue weighted by atomic mass is 16.1. The molecular formula is C12H22N4O. The molecule has 5 nitrogen and oxygen atoms in total. The minimum atomic E-state index is 0.105. The Kier molecular flexibility index (Phi) is 5.69. The van der Waals surface area contributed by atoms with Gasteiger partial charge in [-0.15, -0.1) is 0 Å². The maximum Gasteiger partial charge on any atom is 0.221 e. The molecule has 0 spiro atoms. The fraction of sp³-hybridized carbons (Fsp3) is 0.667. The molecule has 1 atom stereocenters. The lowest BCUT2D eigenvalue weighted by atomic mass is 10.2. The number of aryl methyl sites for hydroxylation is 1. The number of hydrogen-bond donors (Lipinski definition) is 2. The standard InChI is InChI=1S/C12H22N4O/c1-4-10(2)14-12(17)5-7-13-9-11-6-8-16(3)15-11/h6,8,10,13H,4-5,7,9H2,1-3H3,(H,14,17). The van der Waals surface area contributed by atoms with E-state index in [9.17, 15) is 4.79 Å². The quantitative estimate of drug-likeness (QED) is 0.691. The van der Waals surface area contributed by atoms with Crippen LogP contribution in [0, 0.1) is 0 Å². The molecule has 1 aromatic heterocycles. The summed E-state index contributed by atoms with van der Waals surface area (Å²) < 4.78 is 1.77. The first-order chi connectivity index (χ1) is 8.11. The third-order valence-electron chi connectivity index (χ3n) is 2.62. The molecule has 0 aliphatic heterocycles. The average Bonchev–Trinajstić information content (AvgIpc) is 2.70. The number of nitrogens with one attached hydrogen (secondary N) is 2. The van der Waals surface area contributed by atoms with Crippen molar-refractivity contribution in [2.45, 2.75) is 39.3 Å². The van der Waals surface area contributed by atoms with E-state index in [2.05, 4.69) is 22.7 Å². The summed E-state index contributed by atoms with van der Waals surface area (Å²) in [6.07, 6.45) is 3.39. The summed E-state index contributed by atoms with van der Waals surface area (Å²) in [5.74, 6) is 0.105. The van der Waals surface area contributed by atoms with Crippen LogP contribution in [-0.4, -0.2) is 28.3 Å². The number of carbonyl (C=O) groups excluding carboxylic acids is 1. The van der Waals surface area contributed by atoms with Crippen LogP contribution in [0.15, 0.2) is 12.3 Å². The molecule has 0 fully saturated rings. The average molecular weight is 238 g/mol. The van der Waals surface area contributed by atoms with E-state index < -0.39 is 0 Å². The van der Waals surface area contributed by atoms with Crippen molar-refractivity contribution >= 4 is 5.91 Å². The van der Waals surface area contributed by atoms with Crippen LogP contribution in [-0.2, 0) is 18.4 Å². The van der Waals surface area contributed by atoms with Gasteiger partial charge in [0.2, 0.25) is 5.91 Å². The van der Waals surface area contributed by atoms with Gasteiger partial charge in [-0.2, -0.15) is 5.10 Å². The van der Waals surface area contributed by atoms with Gasteiger partial charge in [-0.25, -0.2) is 0 Å². The summed E-state index contributed by atoms with van der Waals surface area (Å²) in [4.78, 5) is 11.5. The molecule has 0 aliphatic rings. The Morgan fingerprint density at radius 2 is 2.35 bits per heavy atom. The van der Waals surface area contributed by atoms with Crippen LogP contribution in [0.5, 0.6) is 0 Å². The van der Waals surface area contributed by atoms with Crippen LogP contribution in [0.2, 0.25) is 0 Å². The van der Waals surface area contributed by atoms with Crippen molar-refractivity contribution in [2.75, 3.05) is 6.54 Å². The van der Waals surface area contributed by atoms with E-state index in [1.807, 2.05) is 26.2 Å². The summed E-state index contributed by atoms with van der Waals surface area (Å²) >= 11 is 0. The summed E-state index contributed by atoms with van der Waals surface area (Å²) in [5, 5.41) is 10.4. The smallest absolute Gasteiger partial charge is 0.221 e. The second kappa shape index (κ2) is 7.06. The van der Waals surface area contributed by atoms with E-state index in [0.29, 0.717) is 19.5 Å². The van der Waals surface area contributed by atoms with E-state index in [1.165, 1.54) is 0 Å². The molecule has 0 aliphatic carbocycles. The molecular weight excluding hydrogens is 216 g/mol. The Balaban J connectivity index is 2.10. The van der Waals surface area contributed by atoms with Crippen molar-refractivity contribution in [2.24, 2.45) is 7.05 Å². The van der Waals surface area contributed by atoms with Gasteiger partial charge in [0.1, 0.15) is 0 Å². The van der Waals surface area contributed by atoms with Gasteiger partial charge in [-0.05, 0) is 19.4 Å². The minimum absolute atomic E-state index is 0.105. The highest BCUT2D eigenvalue weighted by Gasteiger charge is 2.04. The van der Waals surface area contributed by atoms with E-state index in [1.54, 1.807) is 4.68 Å². The molecule has 0 radical (unpaired) electrons. The number of hydrogen-bond acceptors (Lipinski definition) is 3. The summed E-state index contributed by atoms with van der Waals surface area (Å²) in [6.45, 7) is 5.46. The molecule has 0 aromatic carbocycles. The zero-order chi connectivity index (χ0) is 12.7. The summed E-state index contributed by atoms with van der Waals surface area (Å²) in [5.41, 5.74) is 0.995. The van der Waals surface area contributed by atoms with Crippen LogP contribution in [0.1, 0.15) is 32.4 Å². The van der Waals surface area contributed by atoms with Gasteiger partial charge in [-0.3, -0.25) is 9.48 Å². The number of aromatic nitrogens is 2. The number of amides is 1. The molecule has 0 saturated heterocycles. The SMILES string of the molecule is CCC(C)NC(=O)CCNCc1ccn(C)n1. The fourth-order valence-corrected chi connectivity index (χ4v) is 1.42. The Morgan fingerprint density at radius 3 is 2.94 bits per heavy atom. The van der Waals surface area contributed by atoms with Gasteiger partial charge in [0, 0.05) is 38.8 Å². The first kappa shape index (κ1) is 13.7. The van der Waals surface area contributed by atoms with Gasteiger partial charge >= 0.3 is 0 Å². The van der Waals surface area contributed by atoms with Crippen molar-refractivity contribution in [3.63, 3.8) is 0 Å². The monoisotopic (exact) mass is 238 g/mol. The normalized spacial score (nSPS) is 12.4. The third kappa shape index (κ3) is 5.49. The molecule has 0 bridgehead atoms. The second-order valence-electron chi connectivity index (χ2n) is 4.28. The third-order valence-corrected chi connectivity index (χ3v) is 2.62. The van der Waals surface area contributed by atoms with E-state index in [4.69, 9.17) is 0 Å². The van der Waals surface area contributed by atoms with Gasteiger partial charge in [0.15, 0.2) is 0 Å². The summed E-state index contributed by atoms with van der Waals surface area (Å²) in [6, 6.07) is 2.23. The fourth-order valence-electron chi connectivity index (χ4n) is 1.42. The molecule has 1 aromatic rings. The highest BCUT2D eigenvalue weighted by molar-refractivity contribution is 5.76. The van der Waals surface area contributed by atoms with E-state index in [-0.39, 0.29) is 11.9 Å². The molecule has 17 heavy (non-hydrogen) atoms. The Morgan fingerprint density at radius 1 is 1.59 bits per heavy atom. The molecule has 1 rings (SSSR count). The van der Waals surface area contributed by atoms with Crippen LogP contribution >= 0.6 is 0 Å². The highest BCUT2D eigenvalue weighted by Crippen LogP contribution is 1.93. The van der Waals surface area contributed by atoms with Crippen LogP contribution in [0.25, 0.3) is 0 Å². The van der Waals surface area contributed by atoms with Crippen molar-refractivity contribution in [3.8, 4) is 0 Å². The molecule has 2 N–H and O–H groups in total. The first-order valence-electron chi connectivity index (χ1n) is 6.10. The molecule has 96 valence electrons. The van der Waals surface area contributed by atoms with E-state index in [0.717, 1.165) is 12.1 Å². The molecule has 1 unspecified atom stereocenters. The largest absolute Gasteiger partial charge is 0.354 e. The molecule has 0 saturated carbocycles. The van der Waals surface area contributed by atoms with Gasteiger partial charge in [0.05, 0.1) is 5.69 Å². The second-order valence-corrected chi connectivity index (χ2v) is 4.28. The molecule has 1 heterocycles. The predicted molar refractivity (Wildman–Crippen MR) is 67.4 cm³/mol. The number of carbonyl (C=O) groups is 1. The topological polar surface area (TPSA) is 59.0 Å². The lowest BCUT2D eigenvalue weighted by molar-refractivity contribution is -0.121. The van der Waals surface area contributed by atoms with Gasteiger partial charge in [-0.1, -0.05) is 6.92 Å². The lowest BCUT2D eigenvalue weighted by Gasteiger charge is -2.11. The molecule has 5 heteroatoms. The van der Waals surface area contributed by atoms with Crippen molar-refractivity contribution in [1.82, 2.24) is 20.4 Å². The van der Waals surface area contributed by atoms with Crippen LogP contribution in [0.3, 0.4) is 0 Å². The van der Waals surface area contributed by atoms with E-state index >= 15 is 0 Å². The van der Waals surface area contributed by atoms with Crippen LogP contribution in [0.4, 0.5) is 0 Å². The maximum atomic E-state index is 11.5. The van der Waals surface area contributed by atoms with Gasteiger partial charge < -0.3 is 10.6 Å². The van der Waals surface area contributed by atoms with Crippen LogP contribution < -0.4 is 10.6 Å². The lowest BCUT2D eigenvalue weighted by Crippen LogP contribution is -2.33. The Hall–Kier alpha value is -1.36. The minimum Gasteiger partial charge on any atom is -0.354 e. The van der Waals surface area contributed by atoms with Crippen molar-refractivity contribution in [3.05, 3.63) is 18.0 Å². The zero-order valence-electron chi connectivity index (χ0n) is 10.9. The zero-order valence-corrected chi connectivity index (χ0v) is 10.9. The maximum absolute atomic E-state index is 11.5. The number of nitrogens with zero attached hydrogens (tertiary/aromatic N) is 2. The predicted octanol–water partition coefficient (Wildman–Crippen LogP) is 0.814. The Labute approximate surface area is 103 Å². The molecule has 1 amide bonds.